The molecule has 0 unspecified atom stereocenters. The van der Waals surface area contributed by atoms with Gasteiger partial charge in [0.25, 0.3) is 5.91 Å². The SMILES string of the molecule is COc1ccc(CN2C(=O)c3ccccc3[C@@H]2c2c(-c3ccc(Br)cc3)[nH]c3ccccc23)cc1. The molecule has 0 saturated carbocycles. The van der Waals surface area contributed by atoms with E-state index in [9.17, 15) is 4.79 Å². The molecule has 4 nitrogen and oxygen atoms in total. The maximum Gasteiger partial charge on any atom is 0.255 e. The van der Waals surface area contributed by atoms with E-state index in [-0.39, 0.29) is 11.9 Å². The molecule has 6 rings (SSSR count). The van der Waals surface area contributed by atoms with E-state index in [0.29, 0.717) is 6.54 Å². The molecule has 0 spiro atoms. The van der Waals surface area contributed by atoms with Crippen molar-refractivity contribution in [3.63, 3.8) is 0 Å². The number of fused-ring (bicyclic) bond motifs is 2. The minimum Gasteiger partial charge on any atom is -0.497 e. The van der Waals surface area contributed by atoms with Crippen molar-refractivity contribution in [2.45, 2.75) is 12.6 Å². The van der Waals surface area contributed by atoms with E-state index >= 15 is 0 Å². The minimum atomic E-state index is -0.212. The Morgan fingerprint density at radius 1 is 0.886 bits per heavy atom. The lowest BCUT2D eigenvalue weighted by atomic mass is 9.93. The lowest BCUT2D eigenvalue weighted by Crippen LogP contribution is -2.28. The normalized spacial score (nSPS) is 15.0. The zero-order valence-electron chi connectivity index (χ0n) is 19.2. The Kier molecular flexibility index (Phi) is 5.42. The fraction of sp³-hybridized carbons (Fsp3) is 0.100. The highest BCUT2D eigenvalue weighted by molar-refractivity contribution is 9.10. The van der Waals surface area contributed by atoms with Crippen LogP contribution in [0.3, 0.4) is 0 Å². The second-order valence-electron chi connectivity index (χ2n) is 8.74. The Balaban J connectivity index is 1.55. The topological polar surface area (TPSA) is 45.3 Å². The van der Waals surface area contributed by atoms with Crippen LogP contribution in [-0.2, 0) is 6.54 Å². The molecule has 1 N–H and O–H groups in total. The van der Waals surface area contributed by atoms with Crippen LogP contribution in [0, 0.1) is 0 Å². The Morgan fingerprint density at radius 3 is 2.37 bits per heavy atom. The number of aromatic amines is 1. The fourth-order valence-electron chi connectivity index (χ4n) is 5.06. The van der Waals surface area contributed by atoms with Gasteiger partial charge in [0.1, 0.15) is 5.75 Å². The van der Waals surface area contributed by atoms with Gasteiger partial charge >= 0.3 is 0 Å². The third-order valence-electron chi connectivity index (χ3n) is 6.72. The standard InChI is InChI=1S/C30H23BrN2O2/c1-35-22-16-10-19(11-17-22)18-33-29(23-6-2-3-7-24(23)30(33)34)27-25-8-4-5-9-26(25)32-28(27)20-12-14-21(31)15-13-20/h2-17,29,32H,18H2,1H3/t29-/m1/s1. The number of aromatic nitrogens is 1. The van der Waals surface area contributed by atoms with Gasteiger partial charge in [-0.2, -0.15) is 0 Å². The molecule has 0 saturated heterocycles. The van der Waals surface area contributed by atoms with Gasteiger partial charge in [0.2, 0.25) is 0 Å². The molecular formula is C30H23BrN2O2. The van der Waals surface area contributed by atoms with Gasteiger partial charge in [0, 0.05) is 33.0 Å². The van der Waals surface area contributed by atoms with Gasteiger partial charge in [-0.3, -0.25) is 4.79 Å². The second kappa shape index (κ2) is 8.75. The first-order valence-corrected chi connectivity index (χ1v) is 12.3. The number of methoxy groups -OCH3 is 1. The van der Waals surface area contributed by atoms with Gasteiger partial charge < -0.3 is 14.6 Å². The quantitative estimate of drug-likeness (QED) is 0.262. The van der Waals surface area contributed by atoms with Crippen molar-refractivity contribution in [3.05, 3.63) is 124 Å². The molecule has 172 valence electrons. The third kappa shape index (κ3) is 3.72. The van der Waals surface area contributed by atoms with Crippen LogP contribution in [0.5, 0.6) is 5.75 Å². The Labute approximate surface area is 212 Å². The zero-order valence-corrected chi connectivity index (χ0v) is 20.7. The maximum atomic E-state index is 13.7. The van der Waals surface area contributed by atoms with Crippen LogP contribution < -0.4 is 4.74 Å². The number of H-pyrrole nitrogens is 1. The van der Waals surface area contributed by atoms with Gasteiger partial charge in [-0.1, -0.05) is 76.6 Å². The fourth-order valence-corrected chi connectivity index (χ4v) is 5.33. The van der Waals surface area contributed by atoms with Crippen LogP contribution in [0.4, 0.5) is 0 Å². The average molecular weight is 523 g/mol. The number of ether oxygens (including phenoxy) is 1. The molecular weight excluding hydrogens is 500 g/mol. The molecule has 0 aliphatic carbocycles. The third-order valence-corrected chi connectivity index (χ3v) is 7.25. The number of amides is 1. The predicted molar refractivity (Wildman–Crippen MR) is 143 cm³/mol. The van der Waals surface area contributed by atoms with Crippen LogP contribution in [0.25, 0.3) is 22.2 Å². The molecule has 5 aromatic rings. The van der Waals surface area contributed by atoms with Crippen LogP contribution in [0.1, 0.15) is 33.1 Å². The lowest BCUT2D eigenvalue weighted by Gasteiger charge is -2.27. The summed E-state index contributed by atoms with van der Waals surface area (Å²) in [6.07, 6.45) is 0. The van der Waals surface area contributed by atoms with Crippen molar-refractivity contribution in [2.24, 2.45) is 0 Å². The molecule has 5 heteroatoms. The summed E-state index contributed by atoms with van der Waals surface area (Å²) >= 11 is 3.55. The van der Waals surface area contributed by atoms with Crippen LogP contribution in [0.15, 0.2) is 102 Å². The van der Waals surface area contributed by atoms with Gasteiger partial charge in [-0.05, 0) is 53.1 Å². The van der Waals surface area contributed by atoms with E-state index in [4.69, 9.17) is 4.74 Å². The second-order valence-corrected chi connectivity index (χ2v) is 9.65. The summed E-state index contributed by atoms with van der Waals surface area (Å²) in [6.45, 7) is 0.501. The Bertz CT molecular complexity index is 1540. The Morgan fingerprint density at radius 2 is 1.60 bits per heavy atom. The number of nitrogens with zero attached hydrogens (tertiary/aromatic N) is 1. The van der Waals surface area contributed by atoms with Gasteiger partial charge in [0.15, 0.2) is 0 Å². The number of hydrogen-bond donors (Lipinski definition) is 1. The summed E-state index contributed by atoms with van der Waals surface area (Å²) < 4.78 is 6.35. The molecule has 0 fully saturated rings. The molecule has 0 bridgehead atoms. The number of rotatable bonds is 5. The monoisotopic (exact) mass is 522 g/mol. The molecule has 2 heterocycles. The van der Waals surface area contributed by atoms with Crippen molar-refractivity contribution < 1.29 is 9.53 Å². The number of halogens is 1. The van der Waals surface area contributed by atoms with Crippen molar-refractivity contribution in [2.75, 3.05) is 7.11 Å². The molecule has 1 amide bonds. The molecule has 35 heavy (non-hydrogen) atoms. The zero-order chi connectivity index (χ0) is 23.9. The van der Waals surface area contributed by atoms with E-state index in [2.05, 4.69) is 57.3 Å². The minimum absolute atomic E-state index is 0.0495. The largest absolute Gasteiger partial charge is 0.497 e. The molecule has 1 aromatic heterocycles. The summed E-state index contributed by atoms with van der Waals surface area (Å²) in [5.74, 6) is 0.851. The van der Waals surface area contributed by atoms with Gasteiger partial charge in [0.05, 0.1) is 18.8 Å². The number of carbonyl (C=O) groups excluding carboxylic acids is 1. The highest BCUT2D eigenvalue weighted by atomic mass is 79.9. The van der Waals surface area contributed by atoms with E-state index < -0.39 is 0 Å². The number of para-hydroxylation sites is 1. The highest BCUT2D eigenvalue weighted by Gasteiger charge is 2.40. The molecule has 4 aromatic carbocycles. The molecule has 0 radical (unpaired) electrons. The summed E-state index contributed by atoms with van der Waals surface area (Å²) in [6, 6.07) is 32.3. The van der Waals surface area contributed by atoms with Gasteiger partial charge in [-0.15, -0.1) is 0 Å². The summed E-state index contributed by atoms with van der Waals surface area (Å²) in [5.41, 5.74) is 7.15. The highest BCUT2D eigenvalue weighted by Crippen LogP contribution is 2.46. The maximum absolute atomic E-state index is 13.7. The average Bonchev–Trinajstić information content (AvgIpc) is 3.40. The Hall–Kier alpha value is -3.83. The van der Waals surface area contributed by atoms with Crippen LogP contribution in [0.2, 0.25) is 0 Å². The number of nitrogens with one attached hydrogen (secondary N) is 1. The number of benzene rings is 4. The molecule has 1 aliphatic rings. The van der Waals surface area contributed by atoms with Crippen LogP contribution in [-0.4, -0.2) is 22.9 Å². The first kappa shape index (κ1) is 21.7. The number of carbonyl (C=O) groups is 1. The molecule has 1 atom stereocenters. The summed E-state index contributed by atoms with van der Waals surface area (Å²) in [7, 11) is 1.66. The van der Waals surface area contributed by atoms with E-state index in [1.165, 1.54) is 0 Å². The molecule has 1 aliphatic heterocycles. The van der Waals surface area contributed by atoms with E-state index in [1.54, 1.807) is 7.11 Å². The van der Waals surface area contributed by atoms with Gasteiger partial charge in [-0.25, -0.2) is 0 Å². The summed E-state index contributed by atoms with van der Waals surface area (Å²) in [5, 5.41) is 1.12. The van der Waals surface area contributed by atoms with Crippen LogP contribution >= 0.6 is 15.9 Å². The van der Waals surface area contributed by atoms with E-state index in [0.717, 1.165) is 54.6 Å². The van der Waals surface area contributed by atoms with Crippen molar-refractivity contribution in [1.29, 1.82) is 0 Å². The smallest absolute Gasteiger partial charge is 0.255 e. The van der Waals surface area contributed by atoms with Crippen molar-refractivity contribution >= 4 is 32.7 Å². The lowest BCUT2D eigenvalue weighted by molar-refractivity contribution is 0.0737. The number of hydrogen-bond acceptors (Lipinski definition) is 2. The van der Waals surface area contributed by atoms with Crippen molar-refractivity contribution in [3.8, 4) is 17.0 Å². The van der Waals surface area contributed by atoms with Crippen molar-refractivity contribution in [1.82, 2.24) is 9.88 Å². The van der Waals surface area contributed by atoms with E-state index in [1.807, 2.05) is 65.6 Å². The summed E-state index contributed by atoms with van der Waals surface area (Å²) in [4.78, 5) is 19.4. The first-order valence-electron chi connectivity index (χ1n) is 11.5. The first-order chi connectivity index (χ1) is 17.1. The predicted octanol–water partition coefficient (Wildman–Crippen LogP) is 7.35.